The number of benzene rings is 2. The summed E-state index contributed by atoms with van der Waals surface area (Å²) in [5.41, 5.74) is 11.6. The summed E-state index contributed by atoms with van der Waals surface area (Å²) < 4.78 is 0. The highest BCUT2D eigenvalue weighted by molar-refractivity contribution is 6.76. The Morgan fingerprint density at radius 2 is 1.52 bits per heavy atom. The van der Waals surface area contributed by atoms with E-state index in [1.54, 1.807) is 5.17 Å². The molecule has 23 heavy (non-hydrogen) atoms. The van der Waals surface area contributed by atoms with E-state index in [1.807, 2.05) is 0 Å². The first-order chi connectivity index (χ1) is 11.1. The summed E-state index contributed by atoms with van der Waals surface area (Å²) in [6.07, 6.45) is 3.43. The zero-order valence-electron chi connectivity index (χ0n) is 14.3. The predicted molar refractivity (Wildman–Crippen MR) is 104 cm³/mol. The molecule has 0 aliphatic heterocycles. The maximum Gasteiger partial charge on any atom is 0.0144 e. The Bertz CT molecular complexity index is 919. The zero-order chi connectivity index (χ0) is 16.1. The highest BCUT2D eigenvalue weighted by Gasteiger charge is 2.24. The van der Waals surface area contributed by atoms with Crippen molar-refractivity contribution in [3.05, 3.63) is 76.4 Å². The second-order valence-electron chi connectivity index (χ2n) is 7.01. The number of rotatable bonds is 1. The van der Waals surface area contributed by atoms with Crippen molar-refractivity contribution >= 4 is 19.2 Å². The van der Waals surface area contributed by atoms with Gasteiger partial charge >= 0.3 is 0 Å². The summed E-state index contributed by atoms with van der Waals surface area (Å²) in [4.78, 5) is 0. The lowest BCUT2D eigenvalue weighted by Gasteiger charge is -2.10. The van der Waals surface area contributed by atoms with Crippen molar-refractivity contribution in [3.63, 3.8) is 0 Å². The Morgan fingerprint density at radius 3 is 2.17 bits per heavy atom. The van der Waals surface area contributed by atoms with Crippen LogP contribution in [-0.4, -0.2) is 13.6 Å². The van der Waals surface area contributed by atoms with Crippen LogP contribution in [-0.2, 0) is 0 Å². The molecular weight excluding hydrogens is 292 g/mol. The smallest absolute Gasteiger partial charge is 0.0144 e. The van der Waals surface area contributed by atoms with Crippen molar-refractivity contribution in [3.8, 4) is 11.1 Å². The first-order valence-corrected chi connectivity index (χ1v) is 10.8. The van der Waals surface area contributed by atoms with Crippen LogP contribution in [0.4, 0.5) is 0 Å². The number of fused-ring (bicyclic) bond motifs is 3. The normalized spacial score (nSPS) is 15.7. The molecule has 0 saturated heterocycles. The number of hydrogen-bond acceptors (Lipinski definition) is 0. The molecule has 0 unspecified atom stereocenters. The van der Waals surface area contributed by atoms with Crippen LogP contribution in [0.5, 0.6) is 0 Å². The van der Waals surface area contributed by atoms with Crippen molar-refractivity contribution in [2.45, 2.75) is 33.4 Å². The van der Waals surface area contributed by atoms with Crippen molar-refractivity contribution in [1.29, 1.82) is 0 Å². The lowest BCUT2D eigenvalue weighted by atomic mass is 9.96. The number of hydrogen-bond donors (Lipinski definition) is 0. The van der Waals surface area contributed by atoms with Crippen LogP contribution in [0, 0.1) is 0 Å². The highest BCUT2D eigenvalue weighted by atomic mass is 28.2. The zero-order valence-corrected chi connectivity index (χ0v) is 15.3. The molecule has 0 fully saturated rings. The van der Waals surface area contributed by atoms with Crippen molar-refractivity contribution < 1.29 is 0 Å². The van der Waals surface area contributed by atoms with Gasteiger partial charge in [-0.25, -0.2) is 0 Å². The van der Waals surface area contributed by atoms with Gasteiger partial charge in [-0.1, -0.05) is 61.1 Å². The summed E-state index contributed by atoms with van der Waals surface area (Å²) in [6.45, 7) is 9.29. The second-order valence-corrected chi connectivity index (χ2v) is 9.51. The monoisotopic (exact) mass is 314 g/mol. The minimum absolute atomic E-state index is 0.512. The molecule has 1 heteroatoms. The molecule has 4 rings (SSSR count). The maximum atomic E-state index is 2.45. The topological polar surface area (TPSA) is 0 Å². The largest absolute Gasteiger partial charge is 0.0686 e. The van der Waals surface area contributed by atoms with Crippen LogP contribution in [0.1, 0.15) is 37.0 Å². The van der Waals surface area contributed by atoms with Gasteiger partial charge in [-0.15, -0.1) is 0 Å². The van der Waals surface area contributed by atoms with E-state index in [1.165, 1.54) is 44.5 Å². The molecular formula is C22H22Si. The van der Waals surface area contributed by atoms with Gasteiger partial charge in [0.2, 0.25) is 0 Å². The van der Waals surface area contributed by atoms with E-state index in [0.29, 0.717) is 0 Å². The van der Waals surface area contributed by atoms with Crippen LogP contribution >= 0.6 is 0 Å². The van der Waals surface area contributed by atoms with E-state index in [4.69, 9.17) is 0 Å². The Morgan fingerprint density at radius 1 is 0.826 bits per heavy atom. The van der Waals surface area contributed by atoms with E-state index in [9.17, 15) is 0 Å². The lowest BCUT2D eigenvalue weighted by Crippen LogP contribution is -2.10. The van der Waals surface area contributed by atoms with E-state index >= 15 is 0 Å². The standard InChI is InChI=1S/C22H22Si/c1-14-11-15(2)20(12-14)16-9-10-18-17-7-5-6-8-19(17)22(23(3)4)21(18)13-16/h5-11,13H,12H2,1-4H3. The van der Waals surface area contributed by atoms with E-state index in [0.717, 1.165) is 6.42 Å². The molecule has 0 aromatic heterocycles. The van der Waals surface area contributed by atoms with Crippen LogP contribution in [0.25, 0.3) is 16.7 Å². The highest BCUT2D eigenvalue weighted by Crippen LogP contribution is 2.40. The van der Waals surface area contributed by atoms with Crippen molar-refractivity contribution in [2.24, 2.45) is 0 Å². The van der Waals surface area contributed by atoms with E-state index in [-0.39, 0.29) is 0 Å². The first-order valence-electron chi connectivity index (χ1n) is 8.35. The van der Waals surface area contributed by atoms with Gasteiger partial charge in [-0.05, 0) is 70.5 Å². The third-order valence-corrected chi connectivity index (χ3v) is 6.56. The van der Waals surface area contributed by atoms with Gasteiger partial charge in [0, 0.05) is 8.41 Å². The average Bonchev–Trinajstić information content (AvgIpc) is 3.03. The summed E-state index contributed by atoms with van der Waals surface area (Å²) in [6, 6.07) is 16.0. The molecule has 0 nitrogen and oxygen atoms in total. The fourth-order valence-electron chi connectivity index (χ4n) is 4.05. The van der Waals surface area contributed by atoms with Crippen LogP contribution < -0.4 is 0 Å². The molecule has 2 aliphatic carbocycles. The van der Waals surface area contributed by atoms with Crippen molar-refractivity contribution in [1.82, 2.24) is 0 Å². The quantitative estimate of drug-likeness (QED) is 0.506. The van der Waals surface area contributed by atoms with Gasteiger partial charge in [-0.3, -0.25) is 0 Å². The Kier molecular flexibility index (Phi) is 3.35. The predicted octanol–water partition coefficient (Wildman–Crippen LogP) is 5.70. The summed E-state index contributed by atoms with van der Waals surface area (Å²) in [5.74, 6) is 0. The fraction of sp³-hybridized carbons (Fsp3) is 0.227. The molecule has 0 bridgehead atoms. The second kappa shape index (κ2) is 5.28. The molecule has 2 aliphatic rings. The first kappa shape index (κ1) is 14.6. The molecule has 2 aromatic carbocycles. The molecule has 0 amide bonds. The summed E-state index contributed by atoms with van der Waals surface area (Å²) in [7, 11) is -0.512. The van der Waals surface area contributed by atoms with Gasteiger partial charge in [0.1, 0.15) is 0 Å². The maximum absolute atomic E-state index is 2.45. The SMILES string of the molecule is CC1=CC(C)=C(c2ccc3c(c2)C(=[Si](C)C)c2ccccc2-3)C1. The minimum atomic E-state index is -0.512. The molecule has 0 N–H and O–H groups in total. The Labute approximate surface area is 140 Å². The van der Waals surface area contributed by atoms with Gasteiger partial charge in [0.05, 0.1) is 0 Å². The van der Waals surface area contributed by atoms with Gasteiger partial charge in [0.15, 0.2) is 0 Å². The molecule has 0 atom stereocenters. The average molecular weight is 315 g/mol. The molecule has 0 heterocycles. The third-order valence-electron chi connectivity index (χ3n) is 5.02. The van der Waals surface area contributed by atoms with Gasteiger partial charge in [0.25, 0.3) is 0 Å². The van der Waals surface area contributed by atoms with Crippen molar-refractivity contribution in [2.75, 3.05) is 0 Å². The van der Waals surface area contributed by atoms with E-state index < -0.39 is 8.41 Å². The van der Waals surface area contributed by atoms with Crippen LogP contribution in [0.3, 0.4) is 0 Å². The van der Waals surface area contributed by atoms with E-state index in [2.05, 4.69) is 75.5 Å². The molecule has 0 spiro atoms. The molecule has 114 valence electrons. The van der Waals surface area contributed by atoms with Crippen LogP contribution in [0.15, 0.2) is 59.7 Å². The molecule has 0 radical (unpaired) electrons. The molecule has 2 aromatic rings. The van der Waals surface area contributed by atoms with Gasteiger partial charge < -0.3 is 0 Å². The summed E-state index contributed by atoms with van der Waals surface area (Å²) in [5, 5.41) is 1.60. The summed E-state index contributed by atoms with van der Waals surface area (Å²) >= 11 is 0. The Balaban J connectivity index is 1.92. The minimum Gasteiger partial charge on any atom is -0.0686 e. The fourth-order valence-corrected chi connectivity index (χ4v) is 5.55. The third kappa shape index (κ3) is 2.22. The number of allylic oxidation sites excluding steroid dienone is 4. The lowest BCUT2D eigenvalue weighted by molar-refractivity contribution is 1.26. The van der Waals surface area contributed by atoms with Gasteiger partial charge in [-0.2, -0.15) is 0 Å². The molecule has 0 saturated carbocycles. The Hall–Kier alpha value is -1.99. The van der Waals surface area contributed by atoms with Crippen LogP contribution in [0.2, 0.25) is 13.1 Å².